The van der Waals surface area contributed by atoms with Gasteiger partial charge in [-0.05, 0) is 63.1 Å². The van der Waals surface area contributed by atoms with Crippen molar-refractivity contribution in [3.05, 3.63) is 54.1 Å². The van der Waals surface area contributed by atoms with Crippen molar-refractivity contribution in [1.82, 2.24) is 0 Å². The van der Waals surface area contributed by atoms with Crippen molar-refractivity contribution in [2.45, 2.75) is 32.7 Å². The second kappa shape index (κ2) is 8.22. The van der Waals surface area contributed by atoms with Gasteiger partial charge in [-0.25, -0.2) is 8.42 Å². The number of carbonyl (C=O) groups excluding carboxylic acids is 1. The van der Waals surface area contributed by atoms with E-state index in [1.165, 1.54) is 12.8 Å². The first kappa shape index (κ1) is 20.2. The molecule has 0 saturated carbocycles. The van der Waals surface area contributed by atoms with Gasteiger partial charge in [-0.15, -0.1) is 0 Å². The van der Waals surface area contributed by atoms with Gasteiger partial charge in [0.15, 0.2) is 0 Å². The summed E-state index contributed by atoms with van der Waals surface area (Å²) in [5.74, 6) is -0.375. The van der Waals surface area contributed by atoms with Crippen LogP contribution in [0.15, 0.2) is 48.5 Å². The van der Waals surface area contributed by atoms with Crippen LogP contribution in [0.1, 0.15) is 25.3 Å². The Balaban J connectivity index is 1.75. The number of aryl methyl sites for hydroxylation is 1. The molecule has 0 radical (unpaired) electrons. The number of nitrogens with one attached hydrogen (secondary N) is 1. The number of nitrogens with zero attached hydrogens (tertiary/aromatic N) is 2. The molecule has 1 amide bonds. The highest BCUT2D eigenvalue weighted by molar-refractivity contribution is 7.92. The molecule has 1 saturated heterocycles. The summed E-state index contributed by atoms with van der Waals surface area (Å²) < 4.78 is 25.8. The number of carbonyl (C=O) groups is 1. The second-order valence-corrected chi connectivity index (χ2v) is 9.16. The Hall–Kier alpha value is -2.54. The standard InChI is InChI=1S/C21H27N3O3S/c1-16-6-10-20(11-7-16)24(28(3,26)27)17(2)21(25)22-18-8-12-19(13-9-18)23-14-4-5-15-23/h6-13,17H,4-5,14-15H2,1-3H3,(H,22,25)/t17-/m0/s1. The number of rotatable bonds is 6. The molecule has 2 aromatic carbocycles. The van der Waals surface area contributed by atoms with Crippen molar-refractivity contribution in [3.63, 3.8) is 0 Å². The van der Waals surface area contributed by atoms with Gasteiger partial charge in [-0.3, -0.25) is 9.10 Å². The molecule has 1 fully saturated rings. The first-order valence-corrected chi connectivity index (χ1v) is 11.3. The predicted octanol–water partition coefficient (Wildman–Crippen LogP) is 3.39. The number of hydrogen-bond acceptors (Lipinski definition) is 4. The van der Waals surface area contributed by atoms with Gasteiger partial charge < -0.3 is 10.2 Å². The number of anilines is 3. The Morgan fingerprint density at radius 2 is 1.61 bits per heavy atom. The zero-order valence-corrected chi connectivity index (χ0v) is 17.4. The average molecular weight is 402 g/mol. The fourth-order valence-corrected chi connectivity index (χ4v) is 4.65. The lowest BCUT2D eigenvalue weighted by Crippen LogP contribution is -2.45. The zero-order valence-electron chi connectivity index (χ0n) is 16.6. The Morgan fingerprint density at radius 3 is 2.14 bits per heavy atom. The van der Waals surface area contributed by atoms with E-state index in [2.05, 4.69) is 10.2 Å². The molecular formula is C21H27N3O3S. The minimum atomic E-state index is -3.62. The molecule has 1 heterocycles. The molecule has 0 bridgehead atoms. The third kappa shape index (κ3) is 4.65. The Morgan fingerprint density at radius 1 is 1.04 bits per heavy atom. The van der Waals surface area contributed by atoms with Gasteiger partial charge >= 0.3 is 0 Å². The highest BCUT2D eigenvalue weighted by atomic mass is 32.2. The number of amides is 1. The van der Waals surface area contributed by atoms with E-state index in [-0.39, 0.29) is 5.91 Å². The highest BCUT2D eigenvalue weighted by Crippen LogP contribution is 2.24. The minimum absolute atomic E-state index is 0.375. The van der Waals surface area contributed by atoms with Crippen LogP contribution in [0.4, 0.5) is 17.1 Å². The van der Waals surface area contributed by atoms with Gasteiger partial charge in [0.05, 0.1) is 11.9 Å². The predicted molar refractivity (Wildman–Crippen MR) is 114 cm³/mol. The van der Waals surface area contributed by atoms with Gasteiger partial charge in [0.2, 0.25) is 15.9 Å². The van der Waals surface area contributed by atoms with E-state index in [1.807, 2.05) is 43.3 Å². The van der Waals surface area contributed by atoms with Crippen molar-refractivity contribution in [3.8, 4) is 0 Å². The molecule has 1 atom stereocenters. The molecule has 150 valence electrons. The molecule has 0 aliphatic carbocycles. The van der Waals surface area contributed by atoms with Crippen LogP contribution in [0.25, 0.3) is 0 Å². The molecule has 7 heteroatoms. The van der Waals surface area contributed by atoms with E-state index in [0.29, 0.717) is 11.4 Å². The summed E-state index contributed by atoms with van der Waals surface area (Å²) in [5.41, 5.74) is 3.28. The van der Waals surface area contributed by atoms with E-state index < -0.39 is 16.1 Å². The number of hydrogen-bond donors (Lipinski definition) is 1. The number of benzene rings is 2. The maximum Gasteiger partial charge on any atom is 0.247 e. The lowest BCUT2D eigenvalue weighted by Gasteiger charge is -2.28. The number of sulfonamides is 1. The van der Waals surface area contributed by atoms with Crippen LogP contribution >= 0.6 is 0 Å². The lowest BCUT2D eigenvalue weighted by molar-refractivity contribution is -0.116. The molecule has 28 heavy (non-hydrogen) atoms. The van der Waals surface area contributed by atoms with E-state index in [0.717, 1.165) is 34.9 Å². The molecule has 1 N–H and O–H groups in total. The van der Waals surface area contributed by atoms with Crippen LogP contribution in [-0.4, -0.2) is 39.7 Å². The molecule has 6 nitrogen and oxygen atoms in total. The molecule has 1 aliphatic rings. The summed E-state index contributed by atoms with van der Waals surface area (Å²) >= 11 is 0. The largest absolute Gasteiger partial charge is 0.372 e. The van der Waals surface area contributed by atoms with Gasteiger partial charge in [0, 0.05) is 24.5 Å². The van der Waals surface area contributed by atoms with Crippen molar-refractivity contribution in [2.75, 3.05) is 33.9 Å². The van der Waals surface area contributed by atoms with Crippen LogP contribution < -0.4 is 14.5 Å². The molecule has 3 rings (SSSR count). The van der Waals surface area contributed by atoms with Crippen LogP contribution in [0.2, 0.25) is 0 Å². The van der Waals surface area contributed by atoms with Gasteiger partial charge in [-0.1, -0.05) is 17.7 Å². The fraction of sp³-hybridized carbons (Fsp3) is 0.381. The van der Waals surface area contributed by atoms with Crippen molar-refractivity contribution < 1.29 is 13.2 Å². The van der Waals surface area contributed by atoms with Crippen molar-refractivity contribution in [1.29, 1.82) is 0 Å². The zero-order chi connectivity index (χ0) is 20.3. The Labute approximate surface area is 167 Å². The molecule has 0 spiro atoms. The SMILES string of the molecule is Cc1ccc(N([C@@H](C)C(=O)Nc2ccc(N3CCCC3)cc2)S(C)(=O)=O)cc1. The molecular weight excluding hydrogens is 374 g/mol. The summed E-state index contributed by atoms with van der Waals surface area (Å²) in [4.78, 5) is 15.1. The van der Waals surface area contributed by atoms with Crippen LogP contribution in [0.5, 0.6) is 0 Å². The Kier molecular flexibility index (Phi) is 5.93. The van der Waals surface area contributed by atoms with E-state index >= 15 is 0 Å². The fourth-order valence-electron chi connectivity index (χ4n) is 3.48. The monoisotopic (exact) mass is 401 g/mol. The van der Waals surface area contributed by atoms with Crippen LogP contribution in [0, 0.1) is 6.92 Å². The molecule has 2 aromatic rings. The highest BCUT2D eigenvalue weighted by Gasteiger charge is 2.29. The second-order valence-electron chi connectivity index (χ2n) is 7.30. The lowest BCUT2D eigenvalue weighted by atomic mass is 10.2. The maximum atomic E-state index is 12.8. The van der Waals surface area contributed by atoms with Gasteiger partial charge in [0.1, 0.15) is 6.04 Å². The van der Waals surface area contributed by atoms with Gasteiger partial charge in [0.25, 0.3) is 0 Å². The van der Waals surface area contributed by atoms with E-state index in [1.54, 1.807) is 19.1 Å². The maximum absolute atomic E-state index is 12.8. The van der Waals surface area contributed by atoms with Crippen LogP contribution in [-0.2, 0) is 14.8 Å². The average Bonchev–Trinajstić information content (AvgIpc) is 3.17. The van der Waals surface area contributed by atoms with Crippen LogP contribution in [0.3, 0.4) is 0 Å². The topological polar surface area (TPSA) is 69.7 Å². The third-order valence-corrected chi connectivity index (χ3v) is 6.22. The smallest absolute Gasteiger partial charge is 0.247 e. The minimum Gasteiger partial charge on any atom is -0.372 e. The normalized spacial score (nSPS) is 15.3. The third-order valence-electron chi connectivity index (χ3n) is 4.98. The van der Waals surface area contributed by atoms with E-state index in [4.69, 9.17) is 0 Å². The summed E-state index contributed by atoms with van der Waals surface area (Å²) in [6.45, 7) is 5.64. The molecule has 0 aromatic heterocycles. The first-order valence-electron chi connectivity index (χ1n) is 9.47. The van der Waals surface area contributed by atoms with Gasteiger partial charge in [-0.2, -0.15) is 0 Å². The summed E-state index contributed by atoms with van der Waals surface area (Å²) in [6, 6.07) is 13.9. The van der Waals surface area contributed by atoms with Crippen molar-refractivity contribution in [2.24, 2.45) is 0 Å². The quantitative estimate of drug-likeness (QED) is 0.806. The first-order chi connectivity index (χ1) is 13.3. The summed E-state index contributed by atoms with van der Waals surface area (Å²) in [5, 5.41) is 2.83. The summed E-state index contributed by atoms with van der Waals surface area (Å²) in [7, 11) is -3.62. The molecule has 1 aliphatic heterocycles. The van der Waals surface area contributed by atoms with E-state index in [9.17, 15) is 13.2 Å². The Bertz CT molecular complexity index is 918. The molecule has 0 unspecified atom stereocenters. The summed E-state index contributed by atoms with van der Waals surface area (Å²) in [6.07, 6.45) is 3.52. The van der Waals surface area contributed by atoms with Crippen molar-refractivity contribution >= 4 is 33.0 Å².